The predicted octanol–water partition coefficient (Wildman–Crippen LogP) is 3.68. The van der Waals surface area contributed by atoms with Crippen molar-refractivity contribution in [1.29, 1.82) is 0 Å². The number of hydrogen-bond donors (Lipinski definition) is 0. The van der Waals surface area contributed by atoms with Crippen molar-refractivity contribution in [3.63, 3.8) is 0 Å². The highest BCUT2D eigenvalue weighted by Gasteiger charge is 2.16. The molecule has 1 heterocycles. The number of halogens is 1. The fourth-order valence-corrected chi connectivity index (χ4v) is 2.51. The second-order valence-electron chi connectivity index (χ2n) is 5.14. The highest BCUT2D eigenvalue weighted by molar-refractivity contribution is 6.31. The number of piperidine rings is 1. The second kappa shape index (κ2) is 6.35. The van der Waals surface area contributed by atoms with Crippen LogP contribution >= 0.6 is 11.6 Å². The number of hydrogen-bond acceptors (Lipinski definition) is 3. The molecule has 0 amide bonds. The van der Waals surface area contributed by atoms with Crippen LogP contribution in [0.5, 0.6) is 0 Å². The fourth-order valence-electron chi connectivity index (χ4n) is 2.25. The Morgan fingerprint density at radius 2 is 2.16 bits per heavy atom. The van der Waals surface area contributed by atoms with Crippen LogP contribution in [0.4, 0.5) is 5.69 Å². The summed E-state index contributed by atoms with van der Waals surface area (Å²) in [7, 11) is 0. The van der Waals surface area contributed by atoms with Crippen molar-refractivity contribution in [3.8, 4) is 0 Å². The summed E-state index contributed by atoms with van der Waals surface area (Å²) in [5, 5.41) is 11.1. The molecular weight excluding hydrogens is 264 g/mol. The van der Waals surface area contributed by atoms with Crippen LogP contribution in [0.15, 0.2) is 18.2 Å². The summed E-state index contributed by atoms with van der Waals surface area (Å²) < 4.78 is 0. The number of nitro groups is 1. The van der Waals surface area contributed by atoms with Crippen molar-refractivity contribution >= 4 is 17.3 Å². The first-order valence-electron chi connectivity index (χ1n) is 6.56. The van der Waals surface area contributed by atoms with Gasteiger partial charge in [-0.2, -0.15) is 0 Å². The van der Waals surface area contributed by atoms with E-state index in [1.807, 2.05) is 0 Å². The second-order valence-corrected chi connectivity index (χ2v) is 5.55. The summed E-state index contributed by atoms with van der Waals surface area (Å²) in [6.45, 7) is 6.61. The molecule has 0 aromatic heterocycles. The lowest BCUT2D eigenvalue weighted by molar-refractivity contribution is -0.384. The van der Waals surface area contributed by atoms with E-state index in [0.29, 0.717) is 5.02 Å². The third-order valence-corrected chi connectivity index (χ3v) is 3.99. The van der Waals surface area contributed by atoms with Gasteiger partial charge < -0.3 is 0 Å². The number of nitro benzene ring substituents is 1. The molecule has 1 aromatic rings. The number of rotatable bonds is 4. The van der Waals surface area contributed by atoms with Gasteiger partial charge in [-0.15, -0.1) is 0 Å². The third kappa shape index (κ3) is 3.91. The van der Waals surface area contributed by atoms with E-state index in [0.717, 1.165) is 31.0 Å². The molecular formula is C14H18ClN2O2. The first-order valence-corrected chi connectivity index (χ1v) is 6.94. The summed E-state index contributed by atoms with van der Waals surface area (Å²) in [5.41, 5.74) is 0.978. The van der Waals surface area contributed by atoms with Crippen LogP contribution in [0, 0.1) is 22.6 Å². The lowest BCUT2D eigenvalue weighted by Crippen LogP contribution is -2.31. The molecule has 0 spiro atoms. The highest BCUT2D eigenvalue weighted by atomic mass is 35.5. The van der Waals surface area contributed by atoms with Crippen LogP contribution in [0.3, 0.4) is 0 Å². The SMILES string of the molecule is CC1CCN([CH]Cc2ccc([N+](=O)[O-])cc2Cl)CC1. The summed E-state index contributed by atoms with van der Waals surface area (Å²) in [5.74, 6) is 0.813. The van der Waals surface area contributed by atoms with Gasteiger partial charge in [0.2, 0.25) is 0 Å². The molecule has 0 saturated carbocycles. The minimum absolute atomic E-state index is 0.0422. The van der Waals surface area contributed by atoms with Crippen molar-refractivity contribution in [1.82, 2.24) is 4.90 Å². The number of non-ortho nitro benzene ring substituents is 1. The Morgan fingerprint density at radius 3 is 2.74 bits per heavy atom. The molecule has 0 atom stereocenters. The molecule has 0 aliphatic carbocycles. The summed E-state index contributed by atoms with van der Waals surface area (Å²) in [6.07, 6.45) is 3.18. The van der Waals surface area contributed by atoms with Crippen molar-refractivity contribution < 1.29 is 4.92 Å². The van der Waals surface area contributed by atoms with Crippen molar-refractivity contribution in [2.24, 2.45) is 5.92 Å². The number of benzene rings is 1. The zero-order valence-corrected chi connectivity index (χ0v) is 11.8. The van der Waals surface area contributed by atoms with Crippen molar-refractivity contribution in [3.05, 3.63) is 45.4 Å². The van der Waals surface area contributed by atoms with Gasteiger partial charge in [-0.25, -0.2) is 0 Å². The van der Waals surface area contributed by atoms with Gasteiger partial charge in [-0.1, -0.05) is 24.6 Å². The van der Waals surface area contributed by atoms with E-state index >= 15 is 0 Å². The Labute approximate surface area is 118 Å². The molecule has 0 unspecified atom stereocenters. The molecule has 1 aliphatic heterocycles. The van der Waals surface area contributed by atoms with Gasteiger partial charge in [0, 0.05) is 18.7 Å². The molecule has 1 radical (unpaired) electrons. The summed E-state index contributed by atoms with van der Waals surface area (Å²) in [4.78, 5) is 12.5. The van der Waals surface area contributed by atoms with E-state index in [2.05, 4.69) is 18.4 Å². The highest BCUT2D eigenvalue weighted by Crippen LogP contribution is 2.24. The van der Waals surface area contributed by atoms with E-state index in [4.69, 9.17) is 11.6 Å². The Bertz CT molecular complexity index is 457. The molecule has 1 saturated heterocycles. The van der Waals surface area contributed by atoms with Gasteiger partial charge in [0.1, 0.15) is 0 Å². The zero-order chi connectivity index (χ0) is 13.8. The lowest BCUT2D eigenvalue weighted by atomic mass is 9.99. The van der Waals surface area contributed by atoms with Crippen molar-refractivity contribution in [2.45, 2.75) is 26.2 Å². The van der Waals surface area contributed by atoms with Crippen molar-refractivity contribution in [2.75, 3.05) is 13.1 Å². The van der Waals surface area contributed by atoms with E-state index in [9.17, 15) is 10.1 Å². The molecule has 5 heteroatoms. The molecule has 1 aromatic carbocycles. The van der Waals surface area contributed by atoms with Crippen LogP contribution in [0.2, 0.25) is 5.02 Å². The quantitative estimate of drug-likeness (QED) is 0.625. The lowest BCUT2D eigenvalue weighted by Gasteiger charge is -2.29. The fraction of sp³-hybridized carbons (Fsp3) is 0.500. The average Bonchev–Trinajstić information content (AvgIpc) is 2.39. The summed E-state index contributed by atoms with van der Waals surface area (Å²) in [6, 6.07) is 4.67. The normalized spacial score (nSPS) is 17.6. The van der Waals surface area contributed by atoms with E-state index < -0.39 is 4.92 Å². The van der Waals surface area contributed by atoms with Gasteiger partial charge in [-0.3, -0.25) is 15.0 Å². The molecule has 2 rings (SSSR count). The van der Waals surface area contributed by atoms with Crippen LogP contribution in [-0.2, 0) is 6.42 Å². The molecule has 103 valence electrons. The average molecular weight is 282 g/mol. The van der Waals surface area contributed by atoms with E-state index in [1.54, 1.807) is 6.07 Å². The van der Waals surface area contributed by atoms with Gasteiger partial charge >= 0.3 is 0 Å². The molecule has 0 N–H and O–H groups in total. The van der Waals surface area contributed by atoms with Gasteiger partial charge in [0.05, 0.1) is 9.95 Å². The minimum atomic E-state index is -0.425. The monoisotopic (exact) mass is 281 g/mol. The van der Waals surface area contributed by atoms with Crippen LogP contribution < -0.4 is 0 Å². The Balaban J connectivity index is 1.91. The largest absolute Gasteiger partial charge is 0.298 e. The first-order chi connectivity index (χ1) is 9.06. The molecule has 19 heavy (non-hydrogen) atoms. The van der Waals surface area contributed by atoms with E-state index in [1.165, 1.54) is 25.0 Å². The Kier molecular flexibility index (Phi) is 4.77. The maximum Gasteiger partial charge on any atom is 0.270 e. The standard InChI is InChI=1S/C14H18ClN2O2/c1-11-4-7-16(8-5-11)9-6-12-2-3-13(17(18)19)10-14(12)15/h2-3,9-11H,4-8H2,1H3. The third-order valence-electron chi connectivity index (χ3n) is 3.64. The molecule has 1 aliphatic rings. The molecule has 4 nitrogen and oxygen atoms in total. The van der Waals surface area contributed by atoms with Crippen LogP contribution in [0.1, 0.15) is 25.3 Å². The molecule has 1 fully saturated rings. The Hall–Kier alpha value is -1.13. The maximum atomic E-state index is 10.6. The zero-order valence-electron chi connectivity index (χ0n) is 11.0. The topological polar surface area (TPSA) is 46.4 Å². The number of likely N-dealkylation sites (tertiary alicyclic amines) is 1. The van der Waals surface area contributed by atoms with Gasteiger partial charge in [0.25, 0.3) is 5.69 Å². The van der Waals surface area contributed by atoms with Gasteiger partial charge in [-0.05, 0) is 43.8 Å². The van der Waals surface area contributed by atoms with Gasteiger partial charge in [0.15, 0.2) is 0 Å². The van der Waals surface area contributed by atoms with Crippen LogP contribution in [0.25, 0.3) is 0 Å². The first kappa shape index (κ1) is 14.3. The maximum absolute atomic E-state index is 10.6. The van der Waals surface area contributed by atoms with Crippen LogP contribution in [-0.4, -0.2) is 22.9 Å². The number of nitrogens with zero attached hydrogens (tertiary/aromatic N) is 2. The smallest absolute Gasteiger partial charge is 0.270 e. The molecule has 0 bridgehead atoms. The van der Waals surface area contributed by atoms with E-state index in [-0.39, 0.29) is 5.69 Å². The predicted molar refractivity (Wildman–Crippen MR) is 76.1 cm³/mol. The Morgan fingerprint density at radius 1 is 1.47 bits per heavy atom. The summed E-state index contributed by atoms with van der Waals surface area (Å²) >= 11 is 6.07. The minimum Gasteiger partial charge on any atom is -0.298 e.